The fourth-order valence-electron chi connectivity index (χ4n) is 0.295. The smallest absolute Gasteiger partial charge is 0.0893 e. The highest BCUT2D eigenvalue weighted by Crippen LogP contribution is 1.98. The molecule has 58 valence electrons. The van der Waals surface area contributed by atoms with Crippen LogP contribution in [0.25, 0.3) is 0 Å². The Morgan fingerprint density at radius 2 is 2.00 bits per heavy atom. The Morgan fingerprint density at radius 1 is 1.40 bits per heavy atom. The van der Waals surface area contributed by atoms with E-state index in [1.165, 1.54) is 12.8 Å². The van der Waals surface area contributed by atoms with E-state index in [9.17, 15) is 0 Å². The predicted octanol–water partition coefficient (Wildman–Crippen LogP) is 3.26. The van der Waals surface area contributed by atoms with Gasteiger partial charge in [-0.25, -0.2) is 0 Å². The van der Waals surface area contributed by atoms with Gasteiger partial charge in [0.1, 0.15) is 0 Å². The van der Waals surface area contributed by atoms with Crippen molar-refractivity contribution in [2.45, 2.75) is 33.6 Å². The third-order valence-electron chi connectivity index (χ3n) is 1.06. The van der Waals surface area contributed by atoms with E-state index in [0.717, 1.165) is 5.01 Å². The minimum absolute atomic E-state index is 1.13. The lowest BCUT2D eigenvalue weighted by molar-refractivity contribution is 0.886. The molecule has 10 heavy (non-hydrogen) atoms. The Bertz CT molecular complexity index is 133. The van der Waals surface area contributed by atoms with Crippen LogP contribution in [0, 0.1) is 6.92 Å². The van der Waals surface area contributed by atoms with Gasteiger partial charge in [-0.3, -0.25) is 4.98 Å². The number of hydrogen-bond acceptors (Lipinski definition) is 2. The van der Waals surface area contributed by atoms with Crippen LogP contribution < -0.4 is 0 Å². The van der Waals surface area contributed by atoms with E-state index in [1.807, 2.05) is 12.3 Å². The third kappa shape index (κ3) is 5.76. The summed E-state index contributed by atoms with van der Waals surface area (Å²) in [5.74, 6) is 0. The lowest BCUT2D eigenvalue weighted by atomic mass is 10.4. The molecule has 0 aliphatic rings. The molecule has 1 rings (SSSR count). The molecule has 1 heterocycles. The average molecular weight is 157 g/mol. The minimum Gasteiger partial charge on any atom is -0.250 e. The van der Waals surface area contributed by atoms with Crippen molar-refractivity contribution < 1.29 is 0 Å². The maximum absolute atomic E-state index is 3.94. The molecular weight excluding hydrogens is 142 g/mol. The van der Waals surface area contributed by atoms with Crippen LogP contribution in [0.1, 0.15) is 31.7 Å². The standard InChI is InChI=1S/C4H5NS.C4H10/c1-4-5-2-3-6-4;1-3-4-2/h2-3H,1H3;3-4H2,1-2H3. The summed E-state index contributed by atoms with van der Waals surface area (Å²) in [5.41, 5.74) is 0. The number of rotatable bonds is 1. The van der Waals surface area contributed by atoms with Crippen molar-refractivity contribution in [3.8, 4) is 0 Å². The Balaban J connectivity index is 0.000000180. The summed E-state index contributed by atoms with van der Waals surface area (Å²) in [5, 5.41) is 3.10. The maximum Gasteiger partial charge on any atom is 0.0893 e. The normalized spacial score (nSPS) is 8.30. The summed E-state index contributed by atoms with van der Waals surface area (Å²) in [6.07, 6.45) is 4.44. The van der Waals surface area contributed by atoms with Gasteiger partial charge in [-0.05, 0) is 6.92 Å². The second kappa shape index (κ2) is 6.75. The monoisotopic (exact) mass is 157 g/mol. The van der Waals surface area contributed by atoms with Gasteiger partial charge in [0, 0.05) is 11.6 Å². The molecule has 0 saturated heterocycles. The van der Waals surface area contributed by atoms with E-state index in [0.29, 0.717) is 0 Å². The first-order valence-electron chi connectivity index (χ1n) is 3.67. The molecule has 0 N–H and O–H groups in total. The summed E-state index contributed by atoms with van der Waals surface area (Å²) in [7, 11) is 0. The van der Waals surface area contributed by atoms with Crippen molar-refractivity contribution in [1.82, 2.24) is 4.98 Å². The lowest BCUT2D eigenvalue weighted by Crippen LogP contribution is -1.56. The number of thiazole rings is 1. The van der Waals surface area contributed by atoms with Crippen molar-refractivity contribution in [2.24, 2.45) is 0 Å². The molecule has 1 aromatic rings. The molecule has 1 aromatic heterocycles. The van der Waals surface area contributed by atoms with Gasteiger partial charge in [0.05, 0.1) is 5.01 Å². The van der Waals surface area contributed by atoms with Gasteiger partial charge in [0.2, 0.25) is 0 Å². The van der Waals surface area contributed by atoms with Crippen LogP contribution in [0.15, 0.2) is 11.6 Å². The topological polar surface area (TPSA) is 12.9 Å². The molecule has 0 unspecified atom stereocenters. The Kier molecular flexibility index (Phi) is 6.50. The second-order valence-corrected chi connectivity index (χ2v) is 3.15. The molecule has 0 aliphatic heterocycles. The molecular formula is C8H15NS. The molecule has 0 atom stereocenters. The molecule has 0 amide bonds. The molecule has 2 heteroatoms. The minimum atomic E-state index is 1.13. The first kappa shape index (κ1) is 9.63. The van der Waals surface area contributed by atoms with E-state index in [2.05, 4.69) is 18.8 Å². The number of hydrogen-bond donors (Lipinski definition) is 0. The molecule has 0 saturated carbocycles. The maximum atomic E-state index is 3.94. The summed E-state index contributed by atoms with van der Waals surface area (Å²) in [4.78, 5) is 3.94. The fourth-order valence-corrected chi connectivity index (χ4v) is 0.735. The molecule has 0 fully saturated rings. The van der Waals surface area contributed by atoms with Crippen molar-refractivity contribution in [3.63, 3.8) is 0 Å². The summed E-state index contributed by atoms with van der Waals surface area (Å²) in [6, 6.07) is 0. The Labute approximate surface area is 67.1 Å². The molecule has 1 nitrogen and oxygen atoms in total. The van der Waals surface area contributed by atoms with Crippen LogP contribution in [0.4, 0.5) is 0 Å². The molecule has 0 radical (unpaired) electrons. The zero-order valence-corrected chi connectivity index (χ0v) is 7.74. The lowest BCUT2D eigenvalue weighted by Gasteiger charge is -1.68. The van der Waals surface area contributed by atoms with Crippen molar-refractivity contribution in [3.05, 3.63) is 16.6 Å². The van der Waals surface area contributed by atoms with Gasteiger partial charge in [0.25, 0.3) is 0 Å². The van der Waals surface area contributed by atoms with E-state index < -0.39 is 0 Å². The van der Waals surface area contributed by atoms with Crippen LogP contribution >= 0.6 is 11.3 Å². The quantitative estimate of drug-likeness (QED) is 0.609. The highest BCUT2D eigenvalue weighted by atomic mass is 32.1. The van der Waals surface area contributed by atoms with Gasteiger partial charge in [-0.2, -0.15) is 0 Å². The second-order valence-electron chi connectivity index (χ2n) is 2.05. The van der Waals surface area contributed by atoms with Gasteiger partial charge in [0.15, 0.2) is 0 Å². The number of unbranched alkanes of at least 4 members (excludes halogenated alkanes) is 1. The average Bonchev–Trinajstić information content (AvgIpc) is 2.40. The van der Waals surface area contributed by atoms with Crippen molar-refractivity contribution in [1.29, 1.82) is 0 Å². The highest BCUT2D eigenvalue weighted by molar-refractivity contribution is 7.09. The van der Waals surface area contributed by atoms with Gasteiger partial charge >= 0.3 is 0 Å². The molecule has 0 bridgehead atoms. The third-order valence-corrected chi connectivity index (χ3v) is 1.76. The van der Waals surface area contributed by atoms with E-state index in [-0.39, 0.29) is 0 Å². The van der Waals surface area contributed by atoms with Crippen LogP contribution in [0.5, 0.6) is 0 Å². The van der Waals surface area contributed by atoms with Gasteiger partial charge in [-0.15, -0.1) is 11.3 Å². The number of aryl methyl sites for hydroxylation is 1. The largest absolute Gasteiger partial charge is 0.250 e. The zero-order chi connectivity index (χ0) is 7.82. The highest BCUT2D eigenvalue weighted by Gasteiger charge is 1.76. The molecule has 0 aliphatic carbocycles. The summed E-state index contributed by atoms with van der Waals surface area (Å²) in [6.45, 7) is 6.35. The van der Waals surface area contributed by atoms with E-state index in [4.69, 9.17) is 0 Å². The van der Waals surface area contributed by atoms with Gasteiger partial charge < -0.3 is 0 Å². The van der Waals surface area contributed by atoms with E-state index >= 15 is 0 Å². The van der Waals surface area contributed by atoms with Crippen LogP contribution in [-0.4, -0.2) is 4.98 Å². The van der Waals surface area contributed by atoms with Gasteiger partial charge in [-0.1, -0.05) is 26.7 Å². The van der Waals surface area contributed by atoms with Crippen molar-refractivity contribution >= 4 is 11.3 Å². The van der Waals surface area contributed by atoms with Crippen LogP contribution in [0.3, 0.4) is 0 Å². The SMILES string of the molecule is CCCC.Cc1nccs1. The molecule has 0 spiro atoms. The van der Waals surface area contributed by atoms with Crippen LogP contribution in [0.2, 0.25) is 0 Å². The predicted molar refractivity (Wildman–Crippen MR) is 47.4 cm³/mol. The first-order chi connectivity index (χ1) is 4.81. The Morgan fingerprint density at radius 3 is 2.10 bits per heavy atom. The van der Waals surface area contributed by atoms with Crippen molar-refractivity contribution in [2.75, 3.05) is 0 Å². The number of nitrogens with zero attached hydrogens (tertiary/aromatic N) is 1. The fraction of sp³-hybridized carbons (Fsp3) is 0.625. The first-order valence-corrected chi connectivity index (χ1v) is 4.55. The Hall–Kier alpha value is -0.370. The van der Waals surface area contributed by atoms with Crippen LogP contribution in [-0.2, 0) is 0 Å². The summed E-state index contributed by atoms with van der Waals surface area (Å²) < 4.78 is 0. The van der Waals surface area contributed by atoms with E-state index in [1.54, 1.807) is 17.5 Å². The zero-order valence-electron chi connectivity index (χ0n) is 6.92. The number of aromatic nitrogens is 1. The summed E-state index contributed by atoms with van der Waals surface area (Å²) >= 11 is 1.67. The molecule has 0 aromatic carbocycles.